The second kappa shape index (κ2) is 11.9. The molecular weight excluding hydrogens is 486 g/mol. The normalized spacial score (nSPS) is 13.6. The first kappa shape index (κ1) is 23.3. The minimum Gasteiger partial charge on any atom is -0.439 e. The summed E-state index contributed by atoms with van der Waals surface area (Å²) in [5.41, 5.74) is 0.853. The molecule has 1 fully saturated rings. The molecule has 1 aliphatic carbocycles. The van der Waals surface area contributed by atoms with Crippen LogP contribution >= 0.6 is 24.0 Å². The van der Waals surface area contributed by atoms with Gasteiger partial charge in [0.2, 0.25) is 5.88 Å². The van der Waals surface area contributed by atoms with Crippen molar-refractivity contribution in [3.05, 3.63) is 54.0 Å². The molecule has 0 atom stereocenters. The third kappa shape index (κ3) is 7.77. The Morgan fingerprint density at radius 2 is 2.14 bits per heavy atom. The van der Waals surface area contributed by atoms with E-state index in [-0.39, 0.29) is 29.8 Å². The summed E-state index contributed by atoms with van der Waals surface area (Å²) in [6, 6.07) is 9.77. The molecule has 1 saturated carbocycles. The van der Waals surface area contributed by atoms with Crippen LogP contribution in [0.2, 0.25) is 0 Å². The number of benzene rings is 1. The van der Waals surface area contributed by atoms with Gasteiger partial charge in [0.05, 0.1) is 6.61 Å². The molecule has 0 saturated heterocycles. The first-order chi connectivity index (χ1) is 13.7. The van der Waals surface area contributed by atoms with Gasteiger partial charge in [0.1, 0.15) is 11.6 Å². The first-order valence-electron chi connectivity index (χ1n) is 9.52. The van der Waals surface area contributed by atoms with Crippen LogP contribution in [0, 0.1) is 11.7 Å². The monoisotopic (exact) mass is 514 g/mol. The van der Waals surface area contributed by atoms with E-state index >= 15 is 0 Å². The summed E-state index contributed by atoms with van der Waals surface area (Å²) in [4.78, 5) is 10.6. The molecule has 1 heterocycles. The summed E-state index contributed by atoms with van der Waals surface area (Å²) >= 11 is 0. The first-order valence-corrected chi connectivity index (χ1v) is 9.52. The molecule has 1 N–H and O–H groups in total. The molecule has 3 rings (SSSR count). The lowest BCUT2D eigenvalue weighted by Crippen LogP contribution is -2.40. The molecule has 1 aromatic carbocycles. The quantitative estimate of drug-likeness (QED) is 0.237. The molecule has 0 amide bonds. The zero-order valence-corrected chi connectivity index (χ0v) is 19.1. The molecule has 8 heteroatoms. The molecule has 1 aliphatic rings. The van der Waals surface area contributed by atoms with Crippen LogP contribution in [-0.2, 0) is 11.3 Å². The average molecular weight is 514 g/mol. The highest BCUT2D eigenvalue weighted by Crippen LogP contribution is 2.28. The number of aliphatic imine (C=N–C) groups is 1. The number of halogens is 2. The number of pyridine rings is 1. The standard InChI is InChI=1S/C21H27FN4O2.HI/c1-23-21(26(2)11-12-27-15-16-8-9-16)25-14-17-5-4-10-24-20(17)28-19-7-3-6-18(22)13-19;/h3-7,10,13,16H,8-9,11-12,14-15H2,1-2H3,(H,23,25);1H. The Morgan fingerprint density at radius 1 is 1.31 bits per heavy atom. The summed E-state index contributed by atoms with van der Waals surface area (Å²) in [6.45, 7) is 2.77. The Balaban J connectivity index is 0.00000300. The number of hydrogen-bond donors (Lipinski definition) is 1. The second-order valence-corrected chi connectivity index (χ2v) is 6.87. The van der Waals surface area contributed by atoms with Crippen molar-refractivity contribution < 1.29 is 13.9 Å². The van der Waals surface area contributed by atoms with Crippen LogP contribution < -0.4 is 10.1 Å². The van der Waals surface area contributed by atoms with E-state index in [1.165, 1.54) is 25.0 Å². The molecule has 2 aromatic rings. The highest BCUT2D eigenvalue weighted by atomic mass is 127. The van der Waals surface area contributed by atoms with Gasteiger partial charge in [-0.05, 0) is 37.0 Å². The summed E-state index contributed by atoms with van der Waals surface area (Å²) in [7, 11) is 3.72. The largest absolute Gasteiger partial charge is 0.439 e. The predicted octanol–water partition coefficient (Wildman–Crippen LogP) is 4.06. The Morgan fingerprint density at radius 3 is 2.86 bits per heavy atom. The lowest BCUT2D eigenvalue weighted by molar-refractivity contribution is 0.115. The van der Waals surface area contributed by atoms with Gasteiger partial charge >= 0.3 is 0 Å². The molecule has 158 valence electrons. The van der Waals surface area contributed by atoms with Gasteiger partial charge in [-0.25, -0.2) is 9.37 Å². The average Bonchev–Trinajstić information content (AvgIpc) is 3.51. The van der Waals surface area contributed by atoms with Crippen LogP contribution in [0.25, 0.3) is 0 Å². The molecule has 0 aliphatic heterocycles. The van der Waals surface area contributed by atoms with Crippen molar-refractivity contribution in [3.63, 3.8) is 0 Å². The highest BCUT2D eigenvalue weighted by Gasteiger charge is 2.21. The van der Waals surface area contributed by atoms with Gasteiger partial charge in [-0.15, -0.1) is 24.0 Å². The minimum atomic E-state index is -0.348. The van der Waals surface area contributed by atoms with Crippen molar-refractivity contribution in [1.29, 1.82) is 0 Å². The van der Waals surface area contributed by atoms with E-state index in [9.17, 15) is 4.39 Å². The van der Waals surface area contributed by atoms with E-state index in [4.69, 9.17) is 9.47 Å². The number of guanidine groups is 1. The Labute approximate surface area is 188 Å². The lowest BCUT2D eigenvalue weighted by Gasteiger charge is -2.22. The van der Waals surface area contributed by atoms with Crippen LogP contribution in [0.5, 0.6) is 11.6 Å². The van der Waals surface area contributed by atoms with Gasteiger partial charge in [-0.2, -0.15) is 0 Å². The maximum atomic E-state index is 13.4. The van der Waals surface area contributed by atoms with E-state index in [1.54, 1.807) is 25.4 Å². The van der Waals surface area contributed by atoms with Gasteiger partial charge < -0.3 is 19.7 Å². The lowest BCUT2D eigenvalue weighted by atomic mass is 10.2. The van der Waals surface area contributed by atoms with Crippen LogP contribution in [0.1, 0.15) is 18.4 Å². The van der Waals surface area contributed by atoms with Crippen molar-refractivity contribution in [2.24, 2.45) is 10.9 Å². The molecule has 0 bridgehead atoms. The van der Waals surface area contributed by atoms with Crippen LogP contribution in [0.3, 0.4) is 0 Å². The van der Waals surface area contributed by atoms with Crippen LogP contribution in [0.15, 0.2) is 47.6 Å². The van der Waals surface area contributed by atoms with E-state index in [2.05, 4.69) is 15.3 Å². The fraction of sp³-hybridized carbons (Fsp3) is 0.429. The van der Waals surface area contributed by atoms with Crippen molar-refractivity contribution in [1.82, 2.24) is 15.2 Å². The number of nitrogens with one attached hydrogen (secondary N) is 1. The molecule has 0 unspecified atom stereocenters. The Hall–Kier alpha value is -1.94. The zero-order chi connectivity index (χ0) is 19.8. The second-order valence-electron chi connectivity index (χ2n) is 6.87. The fourth-order valence-corrected chi connectivity index (χ4v) is 2.69. The van der Waals surface area contributed by atoms with E-state index in [0.717, 1.165) is 30.6 Å². The molecular formula is C21H28FIN4O2. The zero-order valence-electron chi connectivity index (χ0n) is 16.8. The van der Waals surface area contributed by atoms with Crippen LogP contribution in [-0.4, -0.2) is 49.7 Å². The SMILES string of the molecule is CN=C(NCc1cccnc1Oc1cccc(F)c1)N(C)CCOCC1CC1.I. The van der Waals surface area contributed by atoms with Gasteiger partial charge in [0, 0.05) is 51.6 Å². The summed E-state index contributed by atoms with van der Waals surface area (Å²) < 4.78 is 24.8. The number of ether oxygens (including phenoxy) is 2. The maximum absolute atomic E-state index is 13.4. The molecule has 0 spiro atoms. The van der Waals surface area contributed by atoms with Crippen molar-refractivity contribution in [2.75, 3.05) is 33.9 Å². The van der Waals surface area contributed by atoms with Gasteiger partial charge in [0.15, 0.2) is 5.96 Å². The predicted molar refractivity (Wildman–Crippen MR) is 122 cm³/mol. The van der Waals surface area contributed by atoms with E-state index in [0.29, 0.717) is 24.8 Å². The number of rotatable bonds is 9. The minimum absolute atomic E-state index is 0. The van der Waals surface area contributed by atoms with Crippen LogP contribution in [0.4, 0.5) is 4.39 Å². The smallest absolute Gasteiger partial charge is 0.224 e. The van der Waals surface area contributed by atoms with Gasteiger partial charge in [-0.1, -0.05) is 12.1 Å². The molecule has 1 aromatic heterocycles. The molecule has 29 heavy (non-hydrogen) atoms. The van der Waals surface area contributed by atoms with Gasteiger partial charge in [0.25, 0.3) is 0 Å². The third-order valence-electron chi connectivity index (χ3n) is 4.49. The van der Waals surface area contributed by atoms with E-state index < -0.39 is 0 Å². The number of aromatic nitrogens is 1. The fourth-order valence-electron chi connectivity index (χ4n) is 2.69. The van der Waals surface area contributed by atoms with Crippen molar-refractivity contribution in [2.45, 2.75) is 19.4 Å². The number of nitrogens with zero attached hydrogens (tertiary/aromatic N) is 3. The maximum Gasteiger partial charge on any atom is 0.224 e. The molecule has 0 radical (unpaired) electrons. The highest BCUT2D eigenvalue weighted by molar-refractivity contribution is 14.0. The number of hydrogen-bond acceptors (Lipinski definition) is 4. The number of likely N-dealkylation sites (N-methyl/N-ethyl adjacent to an activating group) is 1. The van der Waals surface area contributed by atoms with E-state index in [1.807, 2.05) is 24.1 Å². The Bertz CT molecular complexity index is 802. The van der Waals surface area contributed by atoms with Crippen molar-refractivity contribution >= 4 is 29.9 Å². The van der Waals surface area contributed by atoms with Crippen molar-refractivity contribution in [3.8, 4) is 11.6 Å². The topological polar surface area (TPSA) is 59.0 Å². The summed E-state index contributed by atoms with van der Waals surface area (Å²) in [5, 5.41) is 3.31. The molecule has 6 nitrogen and oxygen atoms in total. The Kier molecular flexibility index (Phi) is 9.59. The third-order valence-corrected chi connectivity index (χ3v) is 4.49. The summed E-state index contributed by atoms with van der Waals surface area (Å²) in [6.07, 6.45) is 4.24. The van der Waals surface area contributed by atoms with Gasteiger partial charge in [-0.3, -0.25) is 4.99 Å². The summed E-state index contributed by atoms with van der Waals surface area (Å²) in [5.74, 6) is 2.03.